The lowest BCUT2D eigenvalue weighted by Gasteiger charge is -2.32. The fourth-order valence-electron chi connectivity index (χ4n) is 6.57. The number of benzene rings is 4. The molecule has 0 aliphatic heterocycles. The molecule has 0 spiro atoms. The lowest BCUT2D eigenvalue weighted by molar-refractivity contribution is -0.129. The second kappa shape index (κ2) is 16.1. The van der Waals surface area contributed by atoms with Gasteiger partial charge in [0.1, 0.15) is 34.3 Å². The minimum atomic E-state index is -1.87. The van der Waals surface area contributed by atoms with Crippen LogP contribution < -0.4 is 10.6 Å². The maximum atomic E-state index is 14.6. The van der Waals surface area contributed by atoms with E-state index in [0.717, 1.165) is 34.7 Å². The molecule has 0 fully saturated rings. The van der Waals surface area contributed by atoms with Gasteiger partial charge in [-0.25, -0.2) is 8.78 Å². The number of carbonyl (C=O) groups excluding carboxylic acids is 2. The van der Waals surface area contributed by atoms with Crippen LogP contribution in [0.5, 0.6) is 0 Å². The molecule has 0 saturated carbocycles. The summed E-state index contributed by atoms with van der Waals surface area (Å²) in [5.74, 6) is -2.58. The third-order valence-electron chi connectivity index (χ3n) is 9.24. The lowest BCUT2D eigenvalue weighted by atomic mass is 10.0. The highest BCUT2D eigenvalue weighted by atomic mass is 32.2. The third-order valence-corrected chi connectivity index (χ3v) is 11.9. The molecule has 0 saturated heterocycles. The quantitative estimate of drug-likeness (QED) is 0.121. The first-order chi connectivity index (χ1) is 24.1. The van der Waals surface area contributed by atoms with Crippen LogP contribution >= 0.6 is 23.5 Å². The van der Waals surface area contributed by atoms with Crippen molar-refractivity contribution in [2.24, 2.45) is 0 Å². The first-order valence-electron chi connectivity index (χ1n) is 16.3. The van der Waals surface area contributed by atoms with Crippen LogP contribution in [0.2, 0.25) is 0 Å². The predicted octanol–water partition coefficient (Wildman–Crippen LogP) is 4.14. The molecular formula is C38H38F2N2O6S2. The van der Waals surface area contributed by atoms with E-state index in [2.05, 4.69) is 10.6 Å². The molecule has 6 rings (SSSR count). The Balaban J connectivity index is 1.27. The molecule has 0 radical (unpaired) electrons. The van der Waals surface area contributed by atoms with Crippen LogP contribution in [0, 0.1) is 11.6 Å². The van der Waals surface area contributed by atoms with E-state index in [1.54, 1.807) is 48.5 Å². The van der Waals surface area contributed by atoms with Crippen molar-refractivity contribution < 1.29 is 38.8 Å². The van der Waals surface area contributed by atoms with Crippen molar-refractivity contribution in [2.75, 3.05) is 0 Å². The van der Waals surface area contributed by atoms with Crippen LogP contribution in [-0.4, -0.2) is 67.2 Å². The van der Waals surface area contributed by atoms with E-state index in [9.17, 15) is 38.8 Å². The molecule has 2 aliphatic rings. The summed E-state index contributed by atoms with van der Waals surface area (Å²) in [6, 6.07) is 24.9. The normalized spacial score (nSPS) is 21.8. The Morgan fingerprint density at radius 2 is 0.980 bits per heavy atom. The van der Waals surface area contributed by atoms with Crippen LogP contribution in [0.15, 0.2) is 97.1 Å². The first kappa shape index (κ1) is 36.0. The number of fused-ring (bicyclic) bond motifs is 2. The number of rotatable bonds is 13. The third kappa shape index (κ3) is 7.91. The molecule has 262 valence electrons. The molecule has 12 heteroatoms. The molecule has 4 aromatic carbocycles. The van der Waals surface area contributed by atoms with Crippen LogP contribution in [0.4, 0.5) is 8.78 Å². The van der Waals surface area contributed by atoms with E-state index < -0.39 is 70.4 Å². The van der Waals surface area contributed by atoms with Crippen molar-refractivity contribution in [2.45, 2.75) is 71.3 Å². The molecule has 8 atom stereocenters. The largest absolute Gasteiger partial charge is 0.390 e. The second-order valence-corrected chi connectivity index (χ2v) is 14.8. The Morgan fingerprint density at radius 3 is 1.38 bits per heavy atom. The van der Waals surface area contributed by atoms with Gasteiger partial charge in [0.25, 0.3) is 0 Å². The summed E-state index contributed by atoms with van der Waals surface area (Å²) < 4.78 is 29.3. The molecule has 2 amide bonds. The number of carbonyl (C=O) groups is 2. The maximum Gasteiger partial charge on any atom is 0.236 e. The molecule has 0 aromatic heterocycles. The topological polar surface area (TPSA) is 139 Å². The Morgan fingerprint density at radius 1 is 0.620 bits per heavy atom. The number of thioether (sulfide) groups is 2. The molecule has 50 heavy (non-hydrogen) atoms. The van der Waals surface area contributed by atoms with E-state index in [-0.39, 0.29) is 22.6 Å². The Kier molecular flexibility index (Phi) is 11.6. The second-order valence-electron chi connectivity index (χ2n) is 12.5. The summed E-state index contributed by atoms with van der Waals surface area (Å²) in [4.78, 5) is 28.0. The standard InChI is InChI=1S/C38H38F2N2O6S2/c39-27-15-7-3-11-23(27)19-49-35(37(47)41-31-25-13-5-1-9-21(25)17-29(31)43)33(45)34(46)36(50-20-24-12-4-8-16-28(24)40)38(48)42-32-26-14-6-2-10-22(26)18-30(32)44/h1-16,29-36,43-46H,17-20H2,(H,41,47)(H,42,48)/t29-,30-,31+,32?,33-,34-,35-,36-/m1/s1. The number of hydrogen-bond donors (Lipinski definition) is 6. The van der Waals surface area contributed by atoms with E-state index in [1.165, 1.54) is 24.3 Å². The van der Waals surface area contributed by atoms with Crippen molar-refractivity contribution in [1.82, 2.24) is 10.6 Å². The average molecular weight is 721 g/mol. The van der Waals surface area contributed by atoms with Crippen LogP contribution in [0.1, 0.15) is 45.5 Å². The molecule has 0 bridgehead atoms. The van der Waals surface area contributed by atoms with Gasteiger partial charge in [0, 0.05) is 24.3 Å². The SMILES string of the molecule is O=C(NC1c2ccccc2C[C@H]1O)[C@H](SCc1ccccc1F)[C@H](O)[C@@H](O)[C@@H](SCc1ccccc1F)C(=O)N[C@H]1c2ccccc2C[C@H]1O. The molecule has 8 nitrogen and oxygen atoms in total. The predicted molar refractivity (Wildman–Crippen MR) is 189 cm³/mol. The van der Waals surface area contributed by atoms with Gasteiger partial charge in [0.05, 0.1) is 24.3 Å². The average Bonchev–Trinajstić information content (AvgIpc) is 3.60. The molecule has 1 unspecified atom stereocenters. The van der Waals surface area contributed by atoms with Gasteiger partial charge in [-0.3, -0.25) is 9.59 Å². The number of aliphatic hydroxyl groups is 4. The number of nitrogens with one attached hydrogen (secondary N) is 2. The van der Waals surface area contributed by atoms with E-state index in [4.69, 9.17) is 0 Å². The minimum Gasteiger partial charge on any atom is -0.390 e. The summed E-state index contributed by atoms with van der Waals surface area (Å²) in [7, 11) is 0. The number of amides is 2. The van der Waals surface area contributed by atoms with Crippen LogP contribution in [0.25, 0.3) is 0 Å². The first-order valence-corrected chi connectivity index (χ1v) is 18.4. The summed E-state index contributed by atoms with van der Waals surface area (Å²) >= 11 is 1.77. The van der Waals surface area contributed by atoms with Gasteiger partial charge >= 0.3 is 0 Å². The number of aliphatic hydroxyl groups excluding tert-OH is 4. The van der Waals surface area contributed by atoms with Crippen LogP contribution in [-0.2, 0) is 33.9 Å². The van der Waals surface area contributed by atoms with Crippen molar-refractivity contribution in [3.05, 3.63) is 142 Å². The highest BCUT2D eigenvalue weighted by Crippen LogP contribution is 2.35. The molecule has 2 aliphatic carbocycles. The Hall–Kier alpha value is -3.78. The van der Waals surface area contributed by atoms with Crippen molar-refractivity contribution in [3.8, 4) is 0 Å². The Bertz CT molecular complexity index is 1700. The molecule has 4 aromatic rings. The zero-order valence-electron chi connectivity index (χ0n) is 26.9. The van der Waals surface area contributed by atoms with E-state index >= 15 is 0 Å². The van der Waals surface area contributed by atoms with Gasteiger partial charge in [-0.15, -0.1) is 23.5 Å². The van der Waals surface area contributed by atoms with E-state index in [0.29, 0.717) is 24.0 Å². The molecule has 6 N–H and O–H groups in total. The van der Waals surface area contributed by atoms with Gasteiger partial charge in [-0.1, -0.05) is 84.9 Å². The highest BCUT2D eigenvalue weighted by Gasteiger charge is 2.43. The monoisotopic (exact) mass is 720 g/mol. The van der Waals surface area contributed by atoms with Gasteiger partial charge in [0.15, 0.2) is 0 Å². The van der Waals surface area contributed by atoms with Gasteiger partial charge < -0.3 is 31.1 Å². The van der Waals surface area contributed by atoms with Gasteiger partial charge in [-0.05, 0) is 45.5 Å². The summed E-state index contributed by atoms with van der Waals surface area (Å²) in [5, 5.41) is 48.0. The minimum absolute atomic E-state index is 0.0529. The van der Waals surface area contributed by atoms with Crippen molar-refractivity contribution in [3.63, 3.8) is 0 Å². The van der Waals surface area contributed by atoms with Gasteiger partial charge in [-0.2, -0.15) is 0 Å². The van der Waals surface area contributed by atoms with Crippen LogP contribution in [0.3, 0.4) is 0 Å². The summed E-state index contributed by atoms with van der Waals surface area (Å²) in [5.41, 5.74) is 3.68. The smallest absolute Gasteiger partial charge is 0.236 e. The number of hydrogen-bond acceptors (Lipinski definition) is 8. The number of halogens is 2. The van der Waals surface area contributed by atoms with Crippen molar-refractivity contribution in [1.29, 1.82) is 0 Å². The fourth-order valence-corrected chi connectivity index (χ4v) is 8.92. The zero-order valence-corrected chi connectivity index (χ0v) is 28.5. The van der Waals surface area contributed by atoms with Gasteiger partial charge in [0.2, 0.25) is 11.8 Å². The summed E-state index contributed by atoms with van der Waals surface area (Å²) in [6.07, 6.45) is -5.00. The van der Waals surface area contributed by atoms with E-state index in [1.807, 2.05) is 24.3 Å². The molecule has 0 heterocycles. The zero-order chi connectivity index (χ0) is 35.4. The summed E-state index contributed by atoms with van der Waals surface area (Å²) in [6.45, 7) is 0. The molecular weight excluding hydrogens is 683 g/mol. The lowest BCUT2D eigenvalue weighted by Crippen LogP contribution is -2.53. The maximum absolute atomic E-state index is 14.6. The fraction of sp³-hybridized carbons (Fsp3) is 0.316. The highest BCUT2D eigenvalue weighted by molar-refractivity contribution is 8.00. The van der Waals surface area contributed by atoms with Crippen molar-refractivity contribution >= 4 is 35.3 Å². The Labute approximate surface area is 297 Å².